The molecule has 2 aromatic rings. The van der Waals surface area contributed by atoms with Crippen LogP contribution in [0, 0.1) is 12.7 Å². The Labute approximate surface area is 159 Å². The van der Waals surface area contributed by atoms with E-state index in [9.17, 15) is 9.18 Å². The molecule has 1 heterocycles. The molecule has 0 aromatic heterocycles. The van der Waals surface area contributed by atoms with Crippen molar-refractivity contribution in [2.45, 2.75) is 45.8 Å². The van der Waals surface area contributed by atoms with Gasteiger partial charge in [0.15, 0.2) is 0 Å². The monoisotopic (exact) mass is 370 g/mol. The van der Waals surface area contributed by atoms with E-state index in [1.807, 2.05) is 39.8 Å². The summed E-state index contributed by atoms with van der Waals surface area (Å²) in [6, 6.07) is 11.1. The van der Waals surface area contributed by atoms with Crippen molar-refractivity contribution in [1.82, 2.24) is 0 Å². The van der Waals surface area contributed by atoms with Crippen LogP contribution in [0.2, 0.25) is 0 Å². The first-order chi connectivity index (χ1) is 12.6. The maximum absolute atomic E-state index is 13.3. The quantitative estimate of drug-likeness (QED) is 0.801. The average molecular weight is 370 g/mol. The number of hydrogen-bond acceptors (Lipinski definition) is 3. The number of benzene rings is 2. The standard InChI is InChI=1S/C20H24BFN2O3/c1-13-6-9-15(22)12-17(13)24-18(25)23-16-10-7-14(8-11-16)21-26-19(2,3)20(4,5)27-21/h6-12H,1-5H3,(H2,23,24,25). The molecule has 7 heteroatoms. The minimum atomic E-state index is -0.451. The minimum Gasteiger partial charge on any atom is -0.399 e. The number of nitrogens with one attached hydrogen (secondary N) is 2. The van der Waals surface area contributed by atoms with Gasteiger partial charge in [0.2, 0.25) is 0 Å². The first-order valence-corrected chi connectivity index (χ1v) is 8.87. The van der Waals surface area contributed by atoms with Crippen molar-refractivity contribution >= 4 is 30.0 Å². The number of hydrogen-bond donors (Lipinski definition) is 2. The van der Waals surface area contributed by atoms with Crippen LogP contribution in [-0.2, 0) is 9.31 Å². The molecule has 0 atom stereocenters. The molecular weight excluding hydrogens is 346 g/mol. The largest absolute Gasteiger partial charge is 0.494 e. The molecule has 5 nitrogen and oxygen atoms in total. The molecule has 2 aromatic carbocycles. The number of anilines is 2. The molecule has 1 aliphatic rings. The lowest BCUT2D eigenvalue weighted by molar-refractivity contribution is 0.00578. The third-order valence-electron chi connectivity index (χ3n) is 5.14. The molecule has 2 amide bonds. The summed E-state index contributed by atoms with van der Waals surface area (Å²) >= 11 is 0. The average Bonchev–Trinajstić information content (AvgIpc) is 2.79. The van der Waals surface area contributed by atoms with Gasteiger partial charge in [-0.1, -0.05) is 18.2 Å². The number of aryl methyl sites for hydroxylation is 1. The van der Waals surface area contributed by atoms with Crippen LogP contribution in [0.25, 0.3) is 0 Å². The van der Waals surface area contributed by atoms with E-state index in [4.69, 9.17) is 9.31 Å². The van der Waals surface area contributed by atoms with Crippen LogP contribution in [0.1, 0.15) is 33.3 Å². The van der Waals surface area contributed by atoms with Gasteiger partial charge in [0.05, 0.1) is 11.2 Å². The van der Waals surface area contributed by atoms with E-state index in [1.165, 1.54) is 12.1 Å². The number of halogens is 1. The zero-order valence-corrected chi connectivity index (χ0v) is 16.2. The van der Waals surface area contributed by atoms with Gasteiger partial charge < -0.3 is 19.9 Å². The van der Waals surface area contributed by atoms with E-state index < -0.39 is 30.2 Å². The molecule has 3 rings (SSSR count). The predicted molar refractivity (Wildman–Crippen MR) is 106 cm³/mol. The summed E-state index contributed by atoms with van der Waals surface area (Å²) < 4.78 is 25.4. The lowest BCUT2D eigenvalue weighted by atomic mass is 9.79. The lowest BCUT2D eigenvalue weighted by Crippen LogP contribution is -2.41. The Balaban J connectivity index is 1.64. The summed E-state index contributed by atoms with van der Waals surface area (Å²) in [5.41, 5.74) is 1.89. The molecule has 0 spiro atoms. The molecule has 2 N–H and O–H groups in total. The maximum Gasteiger partial charge on any atom is 0.494 e. The number of amides is 2. The lowest BCUT2D eigenvalue weighted by Gasteiger charge is -2.32. The van der Waals surface area contributed by atoms with E-state index in [0.717, 1.165) is 11.0 Å². The highest BCUT2D eigenvalue weighted by Crippen LogP contribution is 2.36. The Morgan fingerprint density at radius 1 is 0.963 bits per heavy atom. The third-order valence-corrected chi connectivity index (χ3v) is 5.14. The number of rotatable bonds is 3. The highest BCUT2D eigenvalue weighted by Gasteiger charge is 2.51. The van der Waals surface area contributed by atoms with E-state index in [1.54, 1.807) is 25.1 Å². The van der Waals surface area contributed by atoms with Crippen LogP contribution >= 0.6 is 0 Å². The Hall–Kier alpha value is -2.38. The van der Waals surface area contributed by atoms with E-state index in [-0.39, 0.29) is 0 Å². The van der Waals surface area contributed by atoms with Crippen LogP contribution in [0.4, 0.5) is 20.6 Å². The summed E-state index contributed by atoms with van der Waals surface area (Å²) in [6.07, 6.45) is 0. The van der Waals surface area contributed by atoms with Crippen LogP contribution < -0.4 is 16.1 Å². The van der Waals surface area contributed by atoms with Crippen molar-refractivity contribution < 1.29 is 18.5 Å². The molecule has 0 aliphatic carbocycles. The van der Waals surface area contributed by atoms with Crippen molar-refractivity contribution in [2.24, 2.45) is 0 Å². The second kappa shape index (κ2) is 6.98. The van der Waals surface area contributed by atoms with Crippen molar-refractivity contribution in [1.29, 1.82) is 0 Å². The number of urea groups is 1. The van der Waals surface area contributed by atoms with Crippen molar-refractivity contribution in [3.8, 4) is 0 Å². The van der Waals surface area contributed by atoms with E-state index >= 15 is 0 Å². The Kier molecular flexibility index (Phi) is 5.01. The van der Waals surface area contributed by atoms with Gasteiger partial charge in [0.1, 0.15) is 5.82 Å². The topological polar surface area (TPSA) is 59.6 Å². The fourth-order valence-electron chi connectivity index (χ4n) is 2.72. The Morgan fingerprint density at radius 3 is 2.15 bits per heavy atom. The normalized spacial score (nSPS) is 17.6. The molecule has 142 valence electrons. The van der Waals surface area contributed by atoms with Gasteiger partial charge in [-0.15, -0.1) is 0 Å². The molecule has 1 aliphatic heterocycles. The summed E-state index contributed by atoms with van der Waals surface area (Å²) in [5, 5.41) is 5.38. The molecule has 27 heavy (non-hydrogen) atoms. The molecule has 0 unspecified atom stereocenters. The number of carbonyl (C=O) groups excluding carboxylic acids is 1. The van der Waals surface area contributed by atoms with Crippen LogP contribution in [0.3, 0.4) is 0 Å². The first-order valence-electron chi connectivity index (χ1n) is 8.87. The first kappa shape index (κ1) is 19.4. The third kappa shape index (κ3) is 4.15. The van der Waals surface area contributed by atoms with Gasteiger partial charge in [-0.25, -0.2) is 9.18 Å². The number of carbonyl (C=O) groups is 1. The fraction of sp³-hybridized carbons (Fsp3) is 0.350. The Morgan fingerprint density at radius 2 is 1.56 bits per heavy atom. The fourth-order valence-corrected chi connectivity index (χ4v) is 2.72. The summed E-state index contributed by atoms with van der Waals surface area (Å²) in [7, 11) is -0.451. The Bertz CT molecular complexity index is 837. The SMILES string of the molecule is Cc1ccc(F)cc1NC(=O)Nc1ccc(B2OC(C)(C)C(C)(C)O2)cc1. The minimum absolute atomic E-state index is 0.400. The molecule has 0 radical (unpaired) electrons. The van der Waals surface area contributed by atoms with Gasteiger partial charge in [0.25, 0.3) is 0 Å². The van der Waals surface area contributed by atoms with E-state index in [0.29, 0.717) is 11.4 Å². The van der Waals surface area contributed by atoms with Crippen LogP contribution in [-0.4, -0.2) is 24.4 Å². The predicted octanol–water partition coefficient (Wildman–Crippen LogP) is 4.08. The zero-order chi connectivity index (χ0) is 19.8. The van der Waals surface area contributed by atoms with Gasteiger partial charge in [-0.05, 0) is 69.9 Å². The van der Waals surface area contributed by atoms with Crippen LogP contribution in [0.5, 0.6) is 0 Å². The molecule has 1 fully saturated rings. The molecular formula is C20H24BFN2O3. The van der Waals surface area contributed by atoms with Gasteiger partial charge >= 0.3 is 13.1 Å². The van der Waals surface area contributed by atoms with Gasteiger partial charge in [-0.3, -0.25) is 0 Å². The van der Waals surface area contributed by atoms with Crippen molar-refractivity contribution in [2.75, 3.05) is 10.6 Å². The second-order valence-corrected chi connectivity index (χ2v) is 7.75. The van der Waals surface area contributed by atoms with Crippen molar-refractivity contribution in [3.05, 3.63) is 53.8 Å². The zero-order valence-electron chi connectivity index (χ0n) is 16.2. The summed E-state index contributed by atoms with van der Waals surface area (Å²) in [5.74, 6) is -0.400. The maximum atomic E-state index is 13.3. The summed E-state index contributed by atoms with van der Waals surface area (Å²) in [6.45, 7) is 9.81. The second-order valence-electron chi connectivity index (χ2n) is 7.75. The highest BCUT2D eigenvalue weighted by molar-refractivity contribution is 6.62. The molecule has 0 bridgehead atoms. The van der Waals surface area contributed by atoms with Gasteiger partial charge in [-0.2, -0.15) is 0 Å². The molecule has 0 saturated carbocycles. The smallest absolute Gasteiger partial charge is 0.399 e. The van der Waals surface area contributed by atoms with Crippen molar-refractivity contribution in [3.63, 3.8) is 0 Å². The van der Waals surface area contributed by atoms with Gasteiger partial charge in [0, 0.05) is 11.4 Å². The molecule has 1 saturated heterocycles. The summed E-state index contributed by atoms with van der Waals surface area (Å²) in [4.78, 5) is 12.2. The van der Waals surface area contributed by atoms with E-state index in [2.05, 4.69) is 10.6 Å². The van der Waals surface area contributed by atoms with Crippen LogP contribution in [0.15, 0.2) is 42.5 Å². The highest BCUT2D eigenvalue weighted by atomic mass is 19.1.